The maximum absolute atomic E-state index is 14.1. The number of carbonyl (C=O) groups excluding carboxylic acids is 1. The lowest BCUT2D eigenvalue weighted by Crippen LogP contribution is -2.26. The van der Waals surface area contributed by atoms with Gasteiger partial charge >= 0.3 is 0 Å². The molecule has 0 aliphatic carbocycles. The van der Waals surface area contributed by atoms with Gasteiger partial charge in [0.25, 0.3) is 5.91 Å². The van der Waals surface area contributed by atoms with Crippen LogP contribution in [0, 0.1) is 11.6 Å². The van der Waals surface area contributed by atoms with Crippen LogP contribution in [0.2, 0.25) is 0 Å². The highest BCUT2D eigenvalue weighted by Crippen LogP contribution is 2.35. The molecule has 2 aromatic carbocycles. The smallest absolute Gasteiger partial charge is 0.265 e. The van der Waals surface area contributed by atoms with Gasteiger partial charge in [0, 0.05) is 20.1 Å². The average molecular weight is 400 g/mol. The first-order valence-corrected chi connectivity index (χ1v) is 8.16. The summed E-state index contributed by atoms with van der Waals surface area (Å²) in [6.45, 7) is 0. The summed E-state index contributed by atoms with van der Waals surface area (Å²) in [6, 6.07) is 10.5. The van der Waals surface area contributed by atoms with Gasteiger partial charge in [0.15, 0.2) is 11.6 Å². The fraction of sp³-hybridized carbons (Fsp3) is 0.0625. The Morgan fingerprint density at radius 2 is 1.87 bits per heavy atom. The van der Waals surface area contributed by atoms with Crippen molar-refractivity contribution in [2.45, 2.75) is 6.30 Å². The number of alkyl halides is 1. The Kier molecular flexibility index (Phi) is 4.41. The molecular weight excluding hydrogens is 391 g/mol. The largest absolute Gasteiger partial charge is 0.318 e. The molecule has 1 heterocycles. The number of hydrogen-bond acceptors (Lipinski definition) is 2. The number of fused-ring (bicyclic) bond motifs is 1. The number of carbonyl (C=O) groups is 1. The predicted octanol–water partition coefficient (Wildman–Crippen LogP) is 5.34. The van der Waals surface area contributed by atoms with E-state index in [1.54, 1.807) is 0 Å². The van der Waals surface area contributed by atoms with E-state index in [2.05, 4.69) is 21.2 Å². The molecule has 1 unspecified atom stereocenters. The lowest BCUT2D eigenvalue weighted by molar-refractivity contribution is 0.0895. The molecular formula is C16H9BrF3NOS. The van der Waals surface area contributed by atoms with Crippen LogP contribution in [0.1, 0.15) is 21.5 Å². The van der Waals surface area contributed by atoms with Gasteiger partial charge in [-0.3, -0.25) is 4.79 Å². The van der Waals surface area contributed by atoms with Crippen LogP contribution in [0.4, 0.5) is 13.2 Å². The number of amides is 1. The molecule has 118 valence electrons. The van der Waals surface area contributed by atoms with Gasteiger partial charge in [0.2, 0.25) is 6.30 Å². The lowest BCUT2D eigenvalue weighted by Gasteiger charge is -2.11. The Labute approximate surface area is 142 Å². The van der Waals surface area contributed by atoms with E-state index in [1.807, 2.05) is 24.3 Å². The number of nitrogens with one attached hydrogen (secondary N) is 1. The molecule has 1 amide bonds. The Balaban J connectivity index is 1.88. The minimum Gasteiger partial charge on any atom is -0.318 e. The van der Waals surface area contributed by atoms with E-state index in [4.69, 9.17) is 0 Å². The molecule has 0 saturated carbocycles. The van der Waals surface area contributed by atoms with Crippen molar-refractivity contribution in [1.29, 1.82) is 0 Å². The topological polar surface area (TPSA) is 29.1 Å². The van der Waals surface area contributed by atoms with Crippen molar-refractivity contribution < 1.29 is 18.0 Å². The van der Waals surface area contributed by atoms with Crippen LogP contribution in [0.15, 0.2) is 46.9 Å². The number of halogens is 4. The summed E-state index contributed by atoms with van der Waals surface area (Å²) in [6.07, 6.45) is -2.14. The Hall–Kier alpha value is -1.86. The third-order valence-electron chi connectivity index (χ3n) is 3.25. The maximum Gasteiger partial charge on any atom is 0.265 e. The summed E-state index contributed by atoms with van der Waals surface area (Å²) >= 11 is 4.50. The lowest BCUT2D eigenvalue weighted by atomic mass is 10.2. The van der Waals surface area contributed by atoms with Crippen LogP contribution in [0.5, 0.6) is 0 Å². The van der Waals surface area contributed by atoms with E-state index in [-0.39, 0.29) is 4.88 Å². The highest BCUT2D eigenvalue weighted by Gasteiger charge is 2.23. The molecule has 1 aromatic heterocycles. The third-order valence-corrected chi connectivity index (χ3v) is 5.51. The van der Waals surface area contributed by atoms with Gasteiger partial charge in [-0.15, -0.1) is 11.3 Å². The highest BCUT2D eigenvalue weighted by atomic mass is 79.9. The zero-order chi connectivity index (χ0) is 16.6. The van der Waals surface area contributed by atoms with Gasteiger partial charge in [0.1, 0.15) is 4.88 Å². The number of hydrogen-bond donors (Lipinski definition) is 1. The van der Waals surface area contributed by atoms with Crippen LogP contribution in [-0.4, -0.2) is 5.91 Å². The third kappa shape index (κ3) is 2.98. The molecule has 1 atom stereocenters. The van der Waals surface area contributed by atoms with Crippen LogP contribution in [0.25, 0.3) is 10.1 Å². The zero-order valence-corrected chi connectivity index (χ0v) is 13.8. The predicted molar refractivity (Wildman–Crippen MR) is 87.2 cm³/mol. The van der Waals surface area contributed by atoms with E-state index in [1.165, 1.54) is 17.4 Å². The van der Waals surface area contributed by atoms with Gasteiger partial charge in [-0.05, 0) is 28.1 Å². The minimum atomic E-state index is -2.14. The monoisotopic (exact) mass is 399 g/mol. The fourth-order valence-electron chi connectivity index (χ4n) is 2.13. The van der Waals surface area contributed by atoms with Gasteiger partial charge < -0.3 is 5.32 Å². The molecule has 1 N–H and O–H groups in total. The highest BCUT2D eigenvalue weighted by molar-refractivity contribution is 9.10. The summed E-state index contributed by atoms with van der Waals surface area (Å²) in [4.78, 5) is 12.5. The van der Waals surface area contributed by atoms with Crippen molar-refractivity contribution >= 4 is 43.3 Å². The summed E-state index contributed by atoms with van der Waals surface area (Å²) in [7, 11) is 0. The number of rotatable bonds is 3. The molecule has 3 aromatic rings. The first-order valence-electron chi connectivity index (χ1n) is 6.55. The fourth-order valence-corrected chi connectivity index (χ4v) is 4.03. The van der Waals surface area contributed by atoms with Crippen LogP contribution in [-0.2, 0) is 0 Å². The van der Waals surface area contributed by atoms with Crippen LogP contribution in [0.3, 0.4) is 0 Å². The molecule has 3 rings (SSSR count). The van der Waals surface area contributed by atoms with Gasteiger partial charge in [-0.2, -0.15) is 0 Å². The van der Waals surface area contributed by atoms with E-state index in [9.17, 15) is 18.0 Å². The minimum absolute atomic E-state index is 0.269. The van der Waals surface area contributed by atoms with E-state index in [0.717, 1.165) is 22.2 Å². The van der Waals surface area contributed by atoms with Crippen molar-refractivity contribution in [1.82, 2.24) is 5.32 Å². The average Bonchev–Trinajstić information content (AvgIpc) is 2.87. The van der Waals surface area contributed by atoms with Crippen molar-refractivity contribution in [2.75, 3.05) is 0 Å². The molecule has 0 fully saturated rings. The second kappa shape index (κ2) is 6.33. The number of thiophene rings is 1. The summed E-state index contributed by atoms with van der Waals surface area (Å²) in [5, 5.41) is 2.88. The Morgan fingerprint density at radius 3 is 2.61 bits per heavy atom. The summed E-state index contributed by atoms with van der Waals surface area (Å²) < 4.78 is 42.3. The summed E-state index contributed by atoms with van der Waals surface area (Å²) in [5.74, 6) is -3.17. The molecule has 0 aliphatic rings. The molecule has 0 bridgehead atoms. The van der Waals surface area contributed by atoms with Crippen LogP contribution >= 0.6 is 27.3 Å². The molecule has 7 heteroatoms. The van der Waals surface area contributed by atoms with Crippen molar-refractivity contribution in [2.24, 2.45) is 0 Å². The van der Waals surface area contributed by atoms with Crippen LogP contribution < -0.4 is 5.32 Å². The van der Waals surface area contributed by atoms with E-state index in [0.29, 0.717) is 4.47 Å². The molecule has 23 heavy (non-hydrogen) atoms. The van der Waals surface area contributed by atoms with Crippen molar-refractivity contribution in [3.63, 3.8) is 0 Å². The SMILES string of the molecule is O=C(NC(F)c1cccc(F)c1F)c1sc2ccccc2c1Br. The molecule has 0 spiro atoms. The summed E-state index contributed by atoms with van der Waals surface area (Å²) in [5.41, 5.74) is -0.546. The van der Waals surface area contributed by atoms with Crippen molar-refractivity contribution in [3.05, 3.63) is 69.0 Å². The molecule has 0 saturated heterocycles. The Morgan fingerprint density at radius 1 is 1.13 bits per heavy atom. The van der Waals surface area contributed by atoms with Gasteiger partial charge in [-0.1, -0.05) is 30.3 Å². The quantitative estimate of drug-likeness (QED) is 0.591. The van der Waals surface area contributed by atoms with Gasteiger partial charge in [0.05, 0.1) is 0 Å². The van der Waals surface area contributed by atoms with Crippen molar-refractivity contribution in [3.8, 4) is 0 Å². The maximum atomic E-state index is 14.1. The second-order valence-corrected chi connectivity index (χ2v) is 6.57. The molecule has 2 nitrogen and oxygen atoms in total. The molecule has 0 radical (unpaired) electrons. The van der Waals surface area contributed by atoms with E-state index >= 15 is 0 Å². The standard InChI is InChI=1S/C16H9BrF3NOS/c17-12-8-4-1-2-7-11(8)23-14(12)16(22)21-15(20)9-5-3-6-10(18)13(9)19/h1-7,15H,(H,21,22). The first kappa shape index (κ1) is 16.0. The Bertz CT molecular complexity index is 896. The molecule has 0 aliphatic heterocycles. The second-order valence-electron chi connectivity index (χ2n) is 4.72. The van der Waals surface area contributed by atoms with E-state index < -0.39 is 29.4 Å². The number of benzene rings is 2. The first-order chi connectivity index (χ1) is 11.0. The zero-order valence-electron chi connectivity index (χ0n) is 11.4. The normalized spacial score (nSPS) is 12.3. The van der Waals surface area contributed by atoms with Gasteiger partial charge in [-0.25, -0.2) is 13.2 Å².